The molecule has 12 heavy (non-hydrogen) atoms. The molecule has 1 atom stereocenters. The van der Waals surface area contributed by atoms with Crippen molar-refractivity contribution < 1.29 is 4.43 Å². The SMILES string of the molecule is CCC(CC)O[SiH2]C(Cl)C(C)C. The highest BCUT2D eigenvalue weighted by molar-refractivity contribution is 6.48. The Labute approximate surface area is 83.8 Å². The average molecular weight is 209 g/mol. The third-order valence-electron chi connectivity index (χ3n) is 2.13. The molecule has 0 bridgehead atoms. The molecular weight excluding hydrogens is 188 g/mol. The molecule has 0 aromatic carbocycles. The molecule has 0 N–H and O–H groups in total. The van der Waals surface area contributed by atoms with Crippen LogP contribution in [0, 0.1) is 5.92 Å². The molecule has 1 nitrogen and oxygen atoms in total. The van der Waals surface area contributed by atoms with Crippen LogP contribution in [-0.2, 0) is 4.43 Å². The van der Waals surface area contributed by atoms with E-state index in [4.69, 9.17) is 16.0 Å². The van der Waals surface area contributed by atoms with Crippen molar-refractivity contribution in [1.29, 1.82) is 0 Å². The first kappa shape index (κ1) is 12.5. The van der Waals surface area contributed by atoms with Gasteiger partial charge in [0, 0.05) is 11.1 Å². The lowest BCUT2D eigenvalue weighted by Crippen LogP contribution is -2.24. The maximum Gasteiger partial charge on any atom is 0.179 e. The van der Waals surface area contributed by atoms with Crippen LogP contribution in [0.4, 0.5) is 0 Å². The molecule has 0 radical (unpaired) electrons. The van der Waals surface area contributed by atoms with Crippen LogP contribution in [0.15, 0.2) is 0 Å². The van der Waals surface area contributed by atoms with E-state index in [9.17, 15) is 0 Å². The van der Waals surface area contributed by atoms with E-state index in [-0.39, 0.29) is 0 Å². The van der Waals surface area contributed by atoms with Crippen molar-refractivity contribution in [3.8, 4) is 0 Å². The normalized spacial score (nSPS) is 15.2. The van der Waals surface area contributed by atoms with Gasteiger partial charge in [0.2, 0.25) is 0 Å². The second-order valence-electron chi connectivity index (χ2n) is 3.53. The van der Waals surface area contributed by atoms with Crippen molar-refractivity contribution in [2.45, 2.75) is 51.6 Å². The first-order valence-electron chi connectivity index (χ1n) is 4.87. The van der Waals surface area contributed by atoms with E-state index in [0.29, 0.717) is 17.0 Å². The Hall–Kier alpha value is 0.467. The molecule has 0 aromatic heterocycles. The summed E-state index contributed by atoms with van der Waals surface area (Å²) in [4.78, 5) is 0. The predicted molar refractivity (Wildman–Crippen MR) is 58.5 cm³/mol. The molecule has 0 fully saturated rings. The highest BCUT2D eigenvalue weighted by Crippen LogP contribution is 2.10. The van der Waals surface area contributed by atoms with Gasteiger partial charge in [0.05, 0.1) is 0 Å². The summed E-state index contributed by atoms with van der Waals surface area (Å²) < 4.78 is 5.77. The Balaban J connectivity index is 3.51. The second-order valence-corrected chi connectivity index (χ2v) is 6.16. The van der Waals surface area contributed by atoms with Gasteiger partial charge >= 0.3 is 0 Å². The summed E-state index contributed by atoms with van der Waals surface area (Å²) >= 11 is 6.11. The molecule has 0 aliphatic heterocycles. The number of halogens is 1. The summed E-state index contributed by atoms with van der Waals surface area (Å²) in [6.45, 7) is 8.64. The fourth-order valence-corrected chi connectivity index (χ4v) is 2.48. The number of rotatable bonds is 6. The van der Waals surface area contributed by atoms with Gasteiger partial charge in [0.25, 0.3) is 0 Å². The van der Waals surface area contributed by atoms with Gasteiger partial charge in [-0.2, -0.15) is 0 Å². The molecule has 74 valence electrons. The highest BCUT2D eigenvalue weighted by Gasteiger charge is 2.12. The molecule has 1 unspecified atom stereocenters. The summed E-state index contributed by atoms with van der Waals surface area (Å²) in [5.41, 5.74) is 0. The lowest BCUT2D eigenvalue weighted by atomic mass is 10.2. The lowest BCUT2D eigenvalue weighted by Gasteiger charge is -2.18. The maximum absolute atomic E-state index is 6.11. The van der Waals surface area contributed by atoms with Crippen LogP contribution in [0.25, 0.3) is 0 Å². The number of hydrogen-bond acceptors (Lipinski definition) is 1. The van der Waals surface area contributed by atoms with E-state index < -0.39 is 9.76 Å². The minimum atomic E-state index is -0.516. The summed E-state index contributed by atoms with van der Waals surface area (Å²) in [6.07, 6.45) is 2.69. The van der Waals surface area contributed by atoms with Crippen LogP contribution < -0.4 is 0 Å². The van der Waals surface area contributed by atoms with E-state index in [0.717, 1.165) is 12.8 Å². The minimum absolute atomic E-state index is 0.297. The second kappa shape index (κ2) is 6.93. The maximum atomic E-state index is 6.11. The molecule has 3 heteroatoms. The van der Waals surface area contributed by atoms with Crippen molar-refractivity contribution in [1.82, 2.24) is 0 Å². The van der Waals surface area contributed by atoms with Crippen molar-refractivity contribution >= 4 is 21.4 Å². The molecule has 0 heterocycles. The Morgan fingerprint density at radius 1 is 1.25 bits per heavy atom. The van der Waals surface area contributed by atoms with Crippen LogP contribution >= 0.6 is 11.6 Å². The van der Waals surface area contributed by atoms with E-state index in [1.54, 1.807) is 0 Å². The quantitative estimate of drug-likeness (QED) is 0.482. The van der Waals surface area contributed by atoms with E-state index in [1.807, 2.05) is 0 Å². The Morgan fingerprint density at radius 3 is 2.08 bits per heavy atom. The van der Waals surface area contributed by atoms with E-state index in [2.05, 4.69) is 27.7 Å². The van der Waals surface area contributed by atoms with Crippen LogP contribution in [0.5, 0.6) is 0 Å². The minimum Gasteiger partial charge on any atom is -0.420 e. The van der Waals surface area contributed by atoms with Crippen molar-refractivity contribution in [3.05, 3.63) is 0 Å². The zero-order chi connectivity index (χ0) is 9.56. The summed E-state index contributed by atoms with van der Waals surface area (Å²) in [5.74, 6) is 0.563. The molecule has 0 saturated heterocycles. The Kier molecular flexibility index (Phi) is 7.20. The molecule has 0 amide bonds. The van der Waals surface area contributed by atoms with Gasteiger partial charge in [-0.25, -0.2) is 0 Å². The van der Waals surface area contributed by atoms with Gasteiger partial charge < -0.3 is 4.43 Å². The van der Waals surface area contributed by atoms with Crippen LogP contribution in [0.3, 0.4) is 0 Å². The molecule has 0 aliphatic carbocycles. The monoisotopic (exact) mass is 208 g/mol. The molecule has 0 spiro atoms. The molecule has 0 aromatic rings. The van der Waals surface area contributed by atoms with E-state index in [1.165, 1.54) is 0 Å². The standard InChI is InChI=1S/C9H21ClOSi/c1-5-8(6-2)11-12-9(10)7(3)4/h7-9H,5-6,12H2,1-4H3. The van der Waals surface area contributed by atoms with Crippen LogP contribution in [-0.4, -0.2) is 20.9 Å². The van der Waals surface area contributed by atoms with Crippen LogP contribution in [0.2, 0.25) is 0 Å². The zero-order valence-electron chi connectivity index (χ0n) is 8.64. The van der Waals surface area contributed by atoms with Gasteiger partial charge in [-0.05, 0) is 18.8 Å². The fourth-order valence-electron chi connectivity index (χ4n) is 0.945. The van der Waals surface area contributed by atoms with Gasteiger partial charge in [-0.1, -0.05) is 27.7 Å². The summed E-state index contributed by atoms with van der Waals surface area (Å²) in [7, 11) is -0.516. The van der Waals surface area contributed by atoms with Crippen molar-refractivity contribution in [2.75, 3.05) is 0 Å². The Bertz CT molecular complexity index is 103. The molecule has 0 aliphatic rings. The summed E-state index contributed by atoms with van der Waals surface area (Å²) in [5, 5.41) is 0.297. The van der Waals surface area contributed by atoms with Crippen molar-refractivity contribution in [3.63, 3.8) is 0 Å². The lowest BCUT2D eigenvalue weighted by molar-refractivity contribution is 0.200. The topological polar surface area (TPSA) is 9.23 Å². The zero-order valence-corrected chi connectivity index (χ0v) is 10.8. The largest absolute Gasteiger partial charge is 0.420 e. The first-order chi connectivity index (χ1) is 5.61. The van der Waals surface area contributed by atoms with Gasteiger partial charge in [-0.15, -0.1) is 11.6 Å². The first-order valence-corrected chi connectivity index (χ1v) is 6.70. The van der Waals surface area contributed by atoms with Gasteiger partial charge in [0.15, 0.2) is 9.76 Å². The van der Waals surface area contributed by atoms with Gasteiger partial charge in [0.1, 0.15) is 0 Å². The third-order valence-corrected chi connectivity index (χ3v) is 4.93. The highest BCUT2D eigenvalue weighted by atomic mass is 35.5. The third kappa shape index (κ3) is 5.17. The molecule has 0 rings (SSSR count). The smallest absolute Gasteiger partial charge is 0.179 e. The van der Waals surface area contributed by atoms with E-state index >= 15 is 0 Å². The van der Waals surface area contributed by atoms with Crippen LogP contribution in [0.1, 0.15) is 40.5 Å². The van der Waals surface area contributed by atoms with Crippen molar-refractivity contribution in [2.24, 2.45) is 5.92 Å². The molecule has 0 saturated carbocycles. The number of alkyl halides is 1. The van der Waals surface area contributed by atoms with Gasteiger partial charge in [-0.3, -0.25) is 0 Å². The molecular formula is C9H21ClOSi. The fraction of sp³-hybridized carbons (Fsp3) is 1.00. The summed E-state index contributed by atoms with van der Waals surface area (Å²) in [6, 6.07) is 0. The average Bonchev–Trinajstić information content (AvgIpc) is 2.05. The number of hydrogen-bond donors (Lipinski definition) is 0. The predicted octanol–water partition coefficient (Wildman–Crippen LogP) is 2.50. The Morgan fingerprint density at radius 2 is 1.75 bits per heavy atom.